The summed E-state index contributed by atoms with van der Waals surface area (Å²) in [7, 11) is 0. The second kappa shape index (κ2) is 22.3. The van der Waals surface area contributed by atoms with Gasteiger partial charge in [-0.15, -0.1) is 0 Å². The summed E-state index contributed by atoms with van der Waals surface area (Å²) in [6, 6.07) is 0. The van der Waals surface area contributed by atoms with E-state index in [1.165, 1.54) is 64.2 Å². The molecule has 11 saturated carbocycles. The third-order valence-electron chi connectivity index (χ3n) is 21.2. The average molecular weight is 1040 g/mol. The van der Waals surface area contributed by atoms with Gasteiger partial charge in [0.05, 0.1) is 33.9 Å². The lowest BCUT2D eigenvalue weighted by molar-refractivity contribution is -0.225. The summed E-state index contributed by atoms with van der Waals surface area (Å²) >= 11 is 0. The molecule has 420 valence electrons. The summed E-state index contributed by atoms with van der Waals surface area (Å²) in [6.45, 7) is 25.4. The van der Waals surface area contributed by atoms with Crippen molar-refractivity contribution in [2.24, 2.45) is 80.8 Å². The van der Waals surface area contributed by atoms with Gasteiger partial charge in [-0.3, -0.25) is 19.2 Å². The van der Waals surface area contributed by atoms with Crippen molar-refractivity contribution in [2.75, 3.05) is 13.2 Å². The SMILES string of the molecule is CCC(C)(C)C(=O)OC1(C)C2CC3CC(C2)CC1C3.CCC(C)(C)C(=O)OC12CC3CC(CC(O)(C3)C1)C2.CCC(C)(C)C(=O)OC1CC2CC1C1CCCC21.CCC(C)(C)C(=O)OCC(=O)OC1CCOC1=O. The number of fused-ring (bicyclic) bond motifs is 5. The van der Waals surface area contributed by atoms with Gasteiger partial charge in [-0.25, -0.2) is 9.59 Å². The summed E-state index contributed by atoms with van der Waals surface area (Å²) in [5.74, 6) is 5.84. The number of carbonyl (C=O) groups is 6. The smallest absolute Gasteiger partial charge is 0.347 e. The molecule has 0 aromatic rings. The van der Waals surface area contributed by atoms with E-state index in [4.69, 9.17) is 23.7 Å². The van der Waals surface area contributed by atoms with Crippen LogP contribution < -0.4 is 0 Å². The zero-order valence-electron chi connectivity index (χ0n) is 48.0. The Bertz CT molecular complexity index is 2010. The first kappa shape index (κ1) is 58.5. The molecule has 13 heteroatoms. The maximum atomic E-state index is 12.5. The number of ether oxygens (including phenoxy) is 6. The van der Waals surface area contributed by atoms with Gasteiger partial charge in [0, 0.05) is 12.8 Å². The van der Waals surface area contributed by atoms with Crippen molar-refractivity contribution in [3.63, 3.8) is 0 Å². The minimum atomic E-state index is -0.865. The highest BCUT2D eigenvalue weighted by Gasteiger charge is 2.61. The Labute approximate surface area is 444 Å². The molecular weight excluding hydrogens is 941 g/mol. The topological polar surface area (TPSA) is 178 Å². The molecule has 8 unspecified atom stereocenters. The van der Waals surface area contributed by atoms with Crippen molar-refractivity contribution in [1.29, 1.82) is 0 Å². The van der Waals surface area contributed by atoms with Crippen molar-refractivity contribution < 1.29 is 62.3 Å². The second-order valence-electron chi connectivity index (χ2n) is 28.2. The first-order valence-corrected chi connectivity index (χ1v) is 29.4. The number of esters is 6. The Hall–Kier alpha value is -3.22. The summed E-state index contributed by atoms with van der Waals surface area (Å²) < 4.78 is 32.3. The molecule has 0 radical (unpaired) electrons. The van der Waals surface area contributed by atoms with Crippen LogP contribution in [0.4, 0.5) is 0 Å². The molecule has 12 aliphatic rings. The predicted octanol–water partition coefficient (Wildman–Crippen LogP) is 11.8. The molecule has 13 nitrogen and oxygen atoms in total. The van der Waals surface area contributed by atoms with Gasteiger partial charge in [0.1, 0.15) is 17.3 Å². The van der Waals surface area contributed by atoms with Crippen LogP contribution in [0, 0.1) is 80.8 Å². The van der Waals surface area contributed by atoms with Gasteiger partial charge in [0.15, 0.2) is 6.61 Å². The zero-order chi connectivity index (χ0) is 54.4. The number of hydrogen-bond acceptors (Lipinski definition) is 13. The van der Waals surface area contributed by atoms with Crippen LogP contribution in [0.5, 0.6) is 0 Å². The molecule has 10 bridgehead atoms. The van der Waals surface area contributed by atoms with Crippen LogP contribution in [0.25, 0.3) is 0 Å². The Morgan fingerprint density at radius 2 is 1.08 bits per heavy atom. The number of rotatable bonds is 14. The summed E-state index contributed by atoms with van der Waals surface area (Å²) in [5.41, 5.74) is -2.77. The number of aliphatic hydroxyl groups is 1. The Morgan fingerprint density at radius 1 is 0.581 bits per heavy atom. The highest BCUT2D eigenvalue weighted by Crippen LogP contribution is 2.62. The molecule has 0 aromatic heterocycles. The molecule has 11 aliphatic carbocycles. The molecule has 12 rings (SSSR count). The molecule has 1 heterocycles. The summed E-state index contributed by atoms with van der Waals surface area (Å²) in [6.07, 6.45) is 21.8. The van der Waals surface area contributed by atoms with E-state index in [0.717, 1.165) is 81.0 Å². The Kier molecular flexibility index (Phi) is 17.6. The molecule has 0 aromatic carbocycles. The van der Waals surface area contributed by atoms with E-state index in [1.54, 1.807) is 13.8 Å². The van der Waals surface area contributed by atoms with Crippen LogP contribution in [-0.2, 0) is 57.2 Å². The van der Waals surface area contributed by atoms with E-state index in [1.807, 2.05) is 55.4 Å². The lowest BCUT2D eigenvalue weighted by Crippen LogP contribution is -2.61. The molecule has 1 saturated heterocycles. The van der Waals surface area contributed by atoms with Crippen molar-refractivity contribution in [3.8, 4) is 0 Å². The second-order valence-corrected chi connectivity index (χ2v) is 28.2. The van der Waals surface area contributed by atoms with Crippen LogP contribution in [-0.4, -0.2) is 83.1 Å². The van der Waals surface area contributed by atoms with Crippen LogP contribution in [0.15, 0.2) is 0 Å². The highest BCUT2D eigenvalue weighted by atomic mass is 16.6. The Morgan fingerprint density at radius 3 is 1.59 bits per heavy atom. The van der Waals surface area contributed by atoms with Crippen molar-refractivity contribution in [1.82, 2.24) is 0 Å². The summed E-state index contributed by atoms with van der Waals surface area (Å²) in [5, 5.41) is 10.6. The minimum absolute atomic E-state index is 0.0185. The van der Waals surface area contributed by atoms with E-state index in [0.29, 0.717) is 48.9 Å². The molecular formula is C61H98O13. The molecule has 74 heavy (non-hydrogen) atoms. The molecule has 0 amide bonds. The zero-order valence-corrected chi connectivity index (χ0v) is 48.0. The van der Waals surface area contributed by atoms with Gasteiger partial charge in [0.2, 0.25) is 6.10 Å². The summed E-state index contributed by atoms with van der Waals surface area (Å²) in [4.78, 5) is 71.0. The number of carbonyl (C=O) groups excluding carboxylic acids is 6. The van der Waals surface area contributed by atoms with Gasteiger partial charge in [-0.1, -0.05) is 34.1 Å². The molecule has 1 N–H and O–H groups in total. The largest absolute Gasteiger partial charge is 0.463 e. The van der Waals surface area contributed by atoms with Crippen molar-refractivity contribution in [2.45, 2.75) is 254 Å². The maximum Gasteiger partial charge on any atom is 0.347 e. The monoisotopic (exact) mass is 1040 g/mol. The van der Waals surface area contributed by atoms with Gasteiger partial charge >= 0.3 is 35.8 Å². The quantitative estimate of drug-likeness (QED) is 0.128. The van der Waals surface area contributed by atoms with Crippen LogP contribution >= 0.6 is 0 Å². The van der Waals surface area contributed by atoms with E-state index in [9.17, 15) is 33.9 Å². The fraction of sp³-hybridized carbons (Fsp3) is 0.902. The fourth-order valence-corrected chi connectivity index (χ4v) is 15.3. The fourth-order valence-electron chi connectivity index (χ4n) is 15.3. The lowest BCUT2D eigenvalue weighted by Gasteiger charge is -2.59. The van der Waals surface area contributed by atoms with Gasteiger partial charge in [-0.2, -0.15) is 0 Å². The number of hydrogen-bond donors (Lipinski definition) is 1. The van der Waals surface area contributed by atoms with Crippen LogP contribution in [0.2, 0.25) is 0 Å². The predicted molar refractivity (Wildman–Crippen MR) is 280 cm³/mol. The van der Waals surface area contributed by atoms with Crippen molar-refractivity contribution >= 4 is 35.8 Å². The first-order chi connectivity index (χ1) is 34.5. The third-order valence-corrected chi connectivity index (χ3v) is 21.2. The van der Waals surface area contributed by atoms with E-state index in [-0.39, 0.29) is 52.7 Å². The van der Waals surface area contributed by atoms with E-state index >= 15 is 0 Å². The third kappa shape index (κ3) is 12.7. The molecule has 8 atom stereocenters. The minimum Gasteiger partial charge on any atom is -0.463 e. The van der Waals surface area contributed by atoms with Gasteiger partial charge < -0.3 is 33.5 Å². The highest BCUT2D eigenvalue weighted by molar-refractivity contribution is 5.83. The molecule has 1 aliphatic heterocycles. The van der Waals surface area contributed by atoms with E-state index < -0.39 is 47.0 Å². The van der Waals surface area contributed by atoms with Gasteiger partial charge in [0.25, 0.3) is 0 Å². The van der Waals surface area contributed by atoms with Crippen LogP contribution in [0.3, 0.4) is 0 Å². The Balaban J connectivity index is 0.000000144. The van der Waals surface area contributed by atoms with Crippen molar-refractivity contribution in [3.05, 3.63) is 0 Å². The molecule has 0 spiro atoms. The maximum absolute atomic E-state index is 12.5. The number of cyclic esters (lactones) is 1. The standard InChI is InChI=1S/C17H28O2.C16H26O3.C16H26O2.C12H18O6/c1-5-16(2,3)15(18)19-17(4)13-7-11-6-12(9-13)10-14(17)8-11;1-4-14(2,3)13(17)19-16-8-11-5-12(9-16)7-15(18,6-11)10-16;1-4-16(2,3)15(17)18-14-9-10-8-13(14)12-7-5-6-11(10)12;1-4-12(2,3)11(15)17-7-9(13)18-8-5-6-16-10(8)14/h11-14H,5-10H2,1-4H3;11-12,18H,4-10H2,1-3H3;10-14H,4-9H2,1-3H3;8H,4-7H2,1-3H3. The van der Waals surface area contributed by atoms with Gasteiger partial charge in [-0.05, 0) is 237 Å². The average Bonchev–Trinajstić information content (AvgIpc) is 4.14. The lowest BCUT2D eigenvalue weighted by atomic mass is 9.50. The first-order valence-electron chi connectivity index (χ1n) is 29.4. The normalized spacial score (nSPS) is 37.7. The van der Waals surface area contributed by atoms with Crippen LogP contribution in [0.1, 0.15) is 225 Å². The van der Waals surface area contributed by atoms with E-state index in [2.05, 4.69) is 25.5 Å². The molecule has 12 fully saturated rings.